The third-order valence-corrected chi connectivity index (χ3v) is 3.40. The molecule has 0 radical (unpaired) electrons. The zero-order chi connectivity index (χ0) is 13.0. The number of hydrogen-bond donors (Lipinski definition) is 2. The molecule has 1 aliphatic rings. The van der Waals surface area contributed by atoms with Crippen LogP contribution in [0, 0.1) is 0 Å². The van der Waals surface area contributed by atoms with Gasteiger partial charge in [-0.1, -0.05) is 18.2 Å². The van der Waals surface area contributed by atoms with Gasteiger partial charge in [0.25, 0.3) is 0 Å². The van der Waals surface area contributed by atoms with Gasteiger partial charge in [-0.05, 0) is 38.4 Å². The van der Waals surface area contributed by atoms with Gasteiger partial charge in [0, 0.05) is 12.2 Å². The smallest absolute Gasteiger partial charge is 0.241 e. The first-order valence-electron chi connectivity index (χ1n) is 6.45. The van der Waals surface area contributed by atoms with Crippen LogP contribution in [0.4, 0.5) is 5.69 Å². The van der Waals surface area contributed by atoms with Crippen LogP contribution in [-0.4, -0.2) is 41.1 Å². The van der Waals surface area contributed by atoms with Crippen LogP contribution in [-0.2, 0) is 4.79 Å². The molecule has 1 fully saturated rings. The van der Waals surface area contributed by atoms with E-state index < -0.39 is 0 Å². The van der Waals surface area contributed by atoms with Crippen molar-refractivity contribution in [1.82, 2.24) is 4.90 Å². The van der Waals surface area contributed by atoms with Crippen molar-refractivity contribution in [3.8, 4) is 0 Å². The van der Waals surface area contributed by atoms with Gasteiger partial charge in [0.1, 0.15) is 0 Å². The summed E-state index contributed by atoms with van der Waals surface area (Å²) in [6.07, 6.45) is 1.49. The van der Waals surface area contributed by atoms with Crippen LogP contribution in [0.2, 0.25) is 0 Å². The Balaban J connectivity index is 1.92. The number of anilines is 1. The predicted molar refractivity (Wildman–Crippen MR) is 71.3 cm³/mol. The molecule has 1 aromatic rings. The average molecular weight is 248 g/mol. The van der Waals surface area contributed by atoms with E-state index in [4.69, 9.17) is 0 Å². The van der Waals surface area contributed by atoms with E-state index in [1.807, 2.05) is 42.2 Å². The Morgan fingerprint density at radius 3 is 2.83 bits per heavy atom. The number of nitrogens with one attached hydrogen (secondary N) is 1. The van der Waals surface area contributed by atoms with Gasteiger partial charge in [0.05, 0.1) is 12.1 Å². The molecule has 0 spiro atoms. The van der Waals surface area contributed by atoms with Crippen molar-refractivity contribution < 1.29 is 9.90 Å². The second-order valence-corrected chi connectivity index (χ2v) is 4.82. The molecule has 1 amide bonds. The highest BCUT2D eigenvalue weighted by molar-refractivity contribution is 5.94. The van der Waals surface area contributed by atoms with E-state index in [1.165, 1.54) is 0 Å². The quantitative estimate of drug-likeness (QED) is 0.851. The molecule has 2 atom stereocenters. The number of hydrogen-bond acceptors (Lipinski definition) is 3. The molecular formula is C14H20N2O2. The molecule has 2 rings (SSSR count). The van der Waals surface area contributed by atoms with Crippen LogP contribution in [0.1, 0.15) is 19.8 Å². The highest BCUT2D eigenvalue weighted by Gasteiger charge is 2.26. The maximum atomic E-state index is 12.1. The summed E-state index contributed by atoms with van der Waals surface area (Å²) in [6.45, 7) is 3.35. The Bertz CT molecular complexity index is 394. The van der Waals surface area contributed by atoms with Crippen molar-refractivity contribution in [2.24, 2.45) is 0 Å². The molecule has 1 aromatic carbocycles. The first kappa shape index (κ1) is 13.1. The Hall–Kier alpha value is -1.39. The minimum atomic E-state index is -0.300. The maximum Gasteiger partial charge on any atom is 0.241 e. The standard InChI is InChI=1S/C14H20N2O2/c1-11(16-9-5-8-13(17)10-16)14(18)15-12-6-3-2-4-7-12/h2-4,6-7,11,13,17H,5,8-10H2,1H3,(H,15,18). The molecule has 1 heterocycles. The number of β-amino-alcohol motifs (C(OH)–C–C–N with tert-alkyl or cyclic N) is 1. The molecule has 2 unspecified atom stereocenters. The third kappa shape index (κ3) is 3.31. The molecule has 0 aromatic heterocycles. The maximum absolute atomic E-state index is 12.1. The van der Waals surface area contributed by atoms with Crippen LogP contribution in [0.15, 0.2) is 30.3 Å². The van der Waals surface area contributed by atoms with Gasteiger partial charge in [-0.2, -0.15) is 0 Å². The van der Waals surface area contributed by atoms with E-state index in [0.29, 0.717) is 6.54 Å². The summed E-state index contributed by atoms with van der Waals surface area (Å²) >= 11 is 0. The molecule has 4 nitrogen and oxygen atoms in total. The number of rotatable bonds is 3. The Kier molecular flexibility index (Phi) is 4.33. The second kappa shape index (κ2) is 5.98. The number of aliphatic hydroxyl groups excluding tert-OH is 1. The molecule has 1 saturated heterocycles. The number of amides is 1. The molecule has 0 aliphatic carbocycles. The summed E-state index contributed by atoms with van der Waals surface area (Å²) in [7, 11) is 0. The molecule has 0 saturated carbocycles. The summed E-state index contributed by atoms with van der Waals surface area (Å²) in [5.74, 6) is -0.0182. The number of piperidine rings is 1. The zero-order valence-corrected chi connectivity index (χ0v) is 10.7. The summed E-state index contributed by atoms with van der Waals surface area (Å²) < 4.78 is 0. The van der Waals surface area contributed by atoms with E-state index in [0.717, 1.165) is 25.1 Å². The molecule has 2 N–H and O–H groups in total. The van der Waals surface area contributed by atoms with Gasteiger partial charge in [-0.15, -0.1) is 0 Å². The highest BCUT2D eigenvalue weighted by Crippen LogP contribution is 2.14. The van der Waals surface area contributed by atoms with Crippen molar-refractivity contribution in [3.05, 3.63) is 30.3 Å². The lowest BCUT2D eigenvalue weighted by Crippen LogP contribution is -2.48. The molecule has 1 aliphatic heterocycles. The lowest BCUT2D eigenvalue weighted by Gasteiger charge is -2.33. The summed E-state index contributed by atoms with van der Waals surface area (Å²) in [4.78, 5) is 14.1. The number of benzene rings is 1. The third-order valence-electron chi connectivity index (χ3n) is 3.40. The predicted octanol–water partition coefficient (Wildman–Crippen LogP) is 1.47. The number of carbonyl (C=O) groups is 1. The minimum absolute atomic E-state index is 0.0182. The van der Waals surface area contributed by atoms with Crippen LogP contribution < -0.4 is 5.32 Å². The Labute approximate surface area is 108 Å². The van der Waals surface area contributed by atoms with Crippen LogP contribution in [0.25, 0.3) is 0 Å². The van der Waals surface area contributed by atoms with Gasteiger partial charge in [0.2, 0.25) is 5.91 Å². The molecule has 98 valence electrons. The van der Waals surface area contributed by atoms with E-state index in [1.54, 1.807) is 0 Å². The Morgan fingerprint density at radius 1 is 1.44 bits per heavy atom. The molecule has 0 bridgehead atoms. The number of para-hydroxylation sites is 1. The SMILES string of the molecule is CC(C(=O)Nc1ccccc1)N1CCCC(O)C1. The Morgan fingerprint density at radius 2 is 2.17 bits per heavy atom. The fraction of sp³-hybridized carbons (Fsp3) is 0.500. The molecule has 4 heteroatoms. The van der Waals surface area contributed by atoms with E-state index >= 15 is 0 Å². The first-order valence-corrected chi connectivity index (χ1v) is 6.45. The normalized spacial score (nSPS) is 22.4. The van der Waals surface area contributed by atoms with Crippen LogP contribution in [0.5, 0.6) is 0 Å². The number of aliphatic hydroxyl groups is 1. The van der Waals surface area contributed by atoms with Crippen LogP contribution in [0.3, 0.4) is 0 Å². The van der Waals surface area contributed by atoms with Gasteiger partial charge < -0.3 is 10.4 Å². The molecule has 18 heavy (non-hydrogen) atoms. The topological polar surface area (TPSA) is 52.6 Å². The van der Waals surface area contributed by atoms with Crippen molar-refractivity contribution in [2.45, 2.75) is 31.9 Å². The fourth-order valence-electron chi connectivity index (χ4n) is 2.27. The zero-order valence-electron chi connectivity index (χ0n) is 10.7. The van der Waals surface area contributed by atoms with E-state index in [-0.39, 0.29) is 18.1 Å². The van der Waals surface area contributed by atoms with Crippen LogP contribution >= 0.6 is 0 Å². The van der Waals surface area contributed by atoms with Gasteiger partial charge >= 0.3 is 0 Å². The minimum Gasteiger partial charge on any atom is -0.392 e. The monoisotopic (exact) mass is 248 g/mol. The highest BCUT2D eigenvalue weighted by atomic mass is 16.3. The largest absolute Gasteiger partial charge is 0.392 e. The summed E-state index contributed by atoms with van der Waals surface area (Å²) in [6, 6.07) is 9.24. The summed E-state index contributed by atoms with van der Waals surface area (Å²) in [5, 5.41) is 12.5. The lowest BCUT2D eigenvalue weighted by molar-refractivity contribution is -0.121. The lowest BCUT2D eigenvalue weighted by atomic mass is 10.1. The van der Waals surface area contributed by atoms with E-state index in [2.05, 4.69) is 5.32 Å². The van der Waals surface area contributed by atoms with Crippen molar-refractivity contribution >= 4 is 11.6 Å². The van der Waals surface area contributed by atoms with Crippen molar-refractivity contribution in [2.75, 3.05) is 18.4 Å². The second-order valence-electron chi connectivity index (χ2n) is 4.82. The van der Waals surface area contributed by atoms with Gasteiger partial charge in [0.15, 0.2) is 0 Å². The van der Waals surface area contributed by atoms with Crippen molar-refractivity contribution in [3.63, 3.8) is 0 Å². The first-order chi connectivity index (χ1) is 8.66. The number of carbonyl (C=O) groups excluding carboxylic acids is 1. The molecular weight excluding hydrogens is 228 g/mol. The fourth-order valence-corrected chi connectivity index (χ4v) is 2.27. The summed E-state index contributed by atoms with van der Waals surface area (Å²) in [5.41, 5.74) is 0.812. The van der Waals surface area contributed by atoms with Gasteiger partial charge in [-0.25, -0.2) is 0 Å². The van der Waals surface area contributed by atoms with E-state index in [9.17, 15) is 9.90 Å². The average Bonchev–Trinajstić information content (AvgIpc) is 2.39. The number of likely N-dealkylation sites (tertiary alicyclic amines) is 1. The van der Waals surface area contributed by atoms with Gasteiger partial charge in [-0.3, -0.25) is 9.69 Å². The van der Waals surface area contributed by atoms with Crippen molar-refractivity contribution in [1.29, 1.82) is 0 Å². The number of nitrogens with zero attached hydrogens (tertiary/aromatic N) is 1.